The van der Waals surface area contributed by atoms with Gasteiger partial charge in [-0.05, 0) is 35.9 Å². The van der Waals surface area contributed by atoms with Crippen molar-refractivity contribution >= 4 is 17.8 Å². The highest BCUT2D eigenvalue weighted by Gasteiger charge is 2.27. The van der Waals surface area contributed by atoms with E-state index in [0.717, 1.165) is 0 Å². The van der Waals surface area contributed by atoms with Crippen molar-refractivity contribution in [2.24, 2.45) is 0 Å². The zero-order chi connectivity index (χ0) is 15.7. The Morgan fingerprint density at radius 3 is 2.55 bits per heavy atom. The number of hydrogen-bond donors (Lipinski definition) is 1. The monoisotopic (exact) mass is 296 g/mol. The number of aromatic carboxylic acids is 1. The summed E-state index contributed by atoms with van der Waals surface area (Å²) in [6.45, 7) is 0. The lowest BCUT2D eigenvalue weighted by atomic mass is 10.1. The van der Waals surface area contributed by atoms with Crippen molar-refractivity contribution in [1.82, 2.24) is 0 Å². The second-order valence-corrected chi connectivity index (χ2v) is 4.73. The van der Waals surface area contributed by atoms with E-state index in [-0.39, 0.29) is 17.1 Å². The maximum absolute atomic E-state index is 12.2. The molecule has 0 saturated heterocycles. The maximum Gasteiger partial charge on any atom is 0.335 e. The normalized spacial score (nSPS) is 14.6. The third kappa shape index (κ3) is 2.44. The van der Waals surface area contributed by atoms with Crippen molar-refractivity contribution in [1.29, 1.82) is 0 Å². The summed E-state index contributed by atoms with van der Waals surface area (Å²) in [6.07, 6.45) is 1.58. The lowest BCUT2D eigenvalue weighted by Gasteiger charge is -2.01. The fourth-order valence-corrected chi connectivity index (χ4v) is 2.17. The molecule has 5 nitrogen and oxygen atoms in total. The van der Waals surface area contributed by atoms with Gasteiger partial charge in [-0.2, -0.15) is 0 Å². The van der Waals surface area contributed by atoms with Crippen molar-refractivity contribution < 1.29 is 24.2 Å². The molecule has 0 aromatic heterocycles. The number of ketones is 1. The minimum absolute atomic E-state index is 0.189. The lowest BCUT2D eigenvalue weighted by Crippen LogP contribution is -1.98. The molecule has 0 aliphatic carbocycles. The predicted molar refractivity (Wildman–Crippen MR) is 79.3 cm³/mol. The Morgan fingerprint density at radius 1 is 1.18 bits per heavy atom. The molecular weight excluding hydrogens is 284 g/mol. The standard InChI is InChI=1S/C17H12O5/c1-21-12-6-7-13-14(9-12)22-15(16(13)18)8-10-2-4-11(5-3-10)17(19)20/h2-9H,1H3,(H,19,20)/b15-8-. The van der Waals surface area contributed by atoms with Gasteiger partial charge in [0.2, 0.25) is 5.78 Å². The highest BCUT2D eigenvalue weighted by Crippen LogP contribution is 2.34. The smallest absolute Gasteiger partial charge is 0.335 e. The molecule has 0 bridgehead atoms. The Morgan fingerprint density at radius 2 is 1.91 bits per heavy atom. The minimum atomic E-state index is -0.994. The first-order valence-corrected chi connectivity index (χ1v) is 6.54. The van der Waals surface area contributed by atoms with Crippen LogP contribution in [0.15, 0.2) is 48.2 Å². The van der Waals surface area contributed by atoms with Gasteiger partial charge in [-0.25, -0.2) is 4.79 Å². The molecule has 0 radical (unpaired) electrons. The molecule has 0 saturated carbocycles. The van der Waals surface area contributed by atoms with Crippen LogP contribution in [0.3, 0.4) is 0 Å². The van der Waals surface area contributed by atoms with Crippen molar-refractivity contribution in [3.8, 4) is 11.5 Å². The van der Waals surface area contributed by atoms with Crippen molar-refractivity contribution in [2.75, 3.05) is 7.11 Å². The first-order chi connectivity index (χ1) is 10.6. The summed E-state index contributed by atoms with van der Waals surface area (Å²) in [5.41, 5.74) is 1.36. The first kappa shape index (κ1) is 13.9. The number of carboxylic acids is 1. The number of hydrogen-bond acceptors (Lipinski definition) is 4. The molecule has 5 heteroatoms. The Balaban J connectivity index is 1.90. The molecule has 0 unspecified atom stereocenters. The molecule has 22 heavy (non-hydrogen) atoms. The van der Waals surface area contributed by atoms with Gasteiger partial charge < -0.3 is 14.6 Å². The van der Waals surface area contributed by atoms with Crippen LogP contribution in [-0.2, 0) is 0 Å². The highest BCUT2D eigenvalue weighted by molar-refractivity contribution is 6.14. The quantitative estimate of drug-likeness (QED) is 0.881. The van der Waals surface area contributed by atoms with E-state index in [2.05, 4.69) is 0 Å². The summed E-state index contributed by atoms with van der Waals surface area (Å²) in [5.74, 6) is 0.0644. The van der Waals surface area contributed by atoms with Crippen LogP contribution in [0.1, 0.15) is 26.3 Å². The predicted octanol–water partition coefficient (Wildman–Crippen LogP) is 3.01. The van der Waals surface area contributed by atoms with E-state index in [1.807, 2.05) is 0 Å². The van der Waals surface area contributed by atoms with Gasteiger partial charge >= 0.3 is 5.97 Å². The third-order valence-corrected chi connectivity index (χ3v) is 3.33. The number of rotatable bonds is 3. The molecule has 2 aromatic carbocycles. The number of ether oxygens (including phenoxy) is 2. The van der Waals surface area contributed by atoms with Gasteiger partial charge in [-0.1, -0.05) is 12.1 Å². The Hall–Kier alpha value is -3.08. The van der Waals surface area contributed by atoms with E-state index < -0.39 is 5.97 Å². The molecule has 0 amide bonds. The summed E-state index contributed by atoms with van der Waals surface area (Å²) in [5, 5.41) is 8.86. The van der Waals surface area contributed by atoms with Crippen LogP contribution in [0.2, 0.25) is 0 Å². The Bertz CT molecular complexity index is 787. The maximum atomic E-state index is 12.2. The SMILES string of the molecule is COc1ccc2c(c1)O/C(=C\c1ccc(C(=O)O)cc1)C2=O. The second-order valence-electron chi connectivity index (χ2n) is 4.73. The second kappa shape index (κ2) is 5.37. The van der Waals surface area contributed by atoms with Crippen molar-refractivity contribution in [3.63, 3.8) is 0 Å². The molecule has 1 heterocycles. The number of carbonyl (C=O) groups is 2. The van der Waals surface area contributed by atoms with Crippen LogP contribution in [0, 0.1) is 0 Å². The fourth-order valence-electron chi connectivity index (χ4n) is 2.17. The summed E-state index contributed by atoms with van der Waals surface area (Å²) in [7, 11) is 1.54. The van der Waals surface area contributed by atoms with Crippen molar-refractivity contribution in [3.05, 3.63) is 64.9 Å². The summed E-state index contributed by atoms with van der Waals surface area (Å²) in [6, 6.07) is 11.2. The van der Waals surface area contributed by atoms with Crippen LogP contribution in [-0.4, -0.2) is 24.0 Å². The number of methoxy groups -OCH3 is 1. The molecule has 0 spiro atoms. The number of benzene rings is 2. The molecule has 0 atom stereocenters. The van der Waals surface area contributed by atoms with Crippen LogP contribution >= 0.6 is 0 Å². The molecule has 3 rings (SSSR count). The third-order valence-electron chi connectivity index (χ3n) is 3.33. The van der Waals surface area contributed by atoms with Crippen LogP contribution in [0.4, 0.5) is 0 Å². The van der Waals surface area contributed by atoms with Gasteiger partial charge in [0.15, 0.2) is 5.76 Å². The number of carbonyl (C=O) groups excluding carboxylic acids is 1. The van der Waals surface area contributed by atoms with Crippen LogP contribution < -0.4 is 9.47 Å². The van der Waals surface area contributed by atoms with E-state index in [1.165, 1.54) is 12.1 Å². The summed E-state index contributed by atoms with van der Waals surface area (Å²) < 4.78 is 10.7. The number of Topliss-reactive ketones (excluding diaryl/α,β-unsaturated/α-hetero) is 1. The lowest BCUT2D eigenvalue weighted by molar-refractivity contribution is 0.0696. The number of allylic oxidation sites excluding steroid dienone is 1. The van der Waals surface area contributed by atoms with Gasteiger partial charge in [0.25, 0.3) is 0 Å². The van der Waals surface area contributed by atoms with Crippen LogP contribution in [0.5, 0.6) is 11.5 Å². The van der Waals surface area contributed by atoms with E-state index in [0.29, 0.717) is 22.6 Å². The molecule has 1 aliphatic rings. The van der Waals surface area contributed by atoms with Crippen LogP contribution in [0.25, 0.3) is 6.08 Å². The van der Waals surface area contributed by atoms with E-state index in [1.54, 1.807) is 43.5 Å². The Kier molecular flexibility index (Phi) is 3.39. The Labute approximate surface area is 126 Å². The highest BCUT2D eigenvalue weighted by atomic mass is 16.5. The average Bonchev–Trinajstić information content (AvgIpc) is 2.83. The first-order valence-electron chi connectivity index (χ1n) is 6.54. The zero-order valence-corrected chi connectivity index (χ0v) is 11.7. The molecule has 1 aliphatic heterocycles. The molecular formula is C17H12O5. The average molecular weight is 296 g/mol. The minimum Gasteiger partial charge on any atom is -0.497 e. The molecule has 110 valence electrons. The fraction of sp³-hybridized carbons (Fsp3) is 0.0588. The topological polar surface area (TPSA) is 72.8 Å². The van der Waals surface area contributed by atoms with Gasteiger partial charge in [0, 0.05) is 6.07 Å². The summed E-state index contributed by atoms with van der Waals surface area (Å²) >= 11 is 0. The molecule has 0 fully saturated rings. The van der Waals surface area contributed by atoms with E-state index in [9.17, 15) is 9.59 Å². The van der Waals surface area contributed by atoms with E-state index >= 15 is 0 Å². The number of fused-ring (bicyclic) bond motifs is 1. The molecule has 2 aromatic rings. The van der Waals surface area contributed by atoms with Crippen molar-refractivity contribution in [2.45, 2.75) is 0 Å². The van der Waals surface area contributed by atoms with Gasteiger partial charge in [0.1, 0.15) is 11.5 Å². The van der Waals surface area contributed by atoms with E-state index in [4.69, 9.17) is 14.6 Å². The molecule has 1 N–H and O–H groups in total. The number of carboxylic acid groups (broad SMARTS) is 1. The van der Waals surface area contributed by atoms with Gasteiger partial charge in [-0.15, -0.1) is 0 Å². The summed E-state index contributed by atoms with van der Waals surface area (Å²) in [4.78, 5) is 23.1. The largest absolute Gasteiger partial charge is 0.497 e. The zero-order valence-electron chi connectivity index (χ0n) is 11.7. The van der Waals surface area contributed by atoms with Gasteiger partial charge in [-0.3, -0.25) is 4.79 Å². The van der Waals surface area contributed by atoms with Gasteiger partial charge in [0.05, 0.1) is 18.2 Å².